The second-order valence-corrected chi connectivity index (χ2v) is 4.83. The monoisotopic (exact) mass is 217 g/mol. The van der Waals surface area contributed by atoms with Crippen molar-refractivity contribution in [3.8, 4) is 0 Å². The van der Waals surface area contributed by atoms with Crippen LogP contribution in [0.15, 0.2) is 17.3 Å². The minimum absolute atomic E-state index is 0.116. The number of hydrogen-bond acceptors (Lipinski definition) is 4. The molecular weight excluding hydrogens is 206 g/mol. The summed E-state index contributed by atoms with van der Waals surface area (Å²) in [6.45, 7) is 1.05. The summed E-state index contributed by atoms with van der Waals surface area (Å²) in [4.78, 5) is 0.157. The molecule has 1 aromatic heterocycles. The molecule has 0 spiro atoms. The Morgan fingerprint density at radius 3 is 3.07 bits per heavy atom. The summed E-state index contributed by atoms with van der Waals surface area (Å²) >= 11 is 0. The van der Waals surface area contributed by atoms with Gasteiger partial charge < -0.3 is 4.74 Å². The van der Waals surface area contributed by atoms with Crippen LogP contribution in [-0.4, -0.2) is 37.9 Å². The number of rotatable bonds is 3. The number of hydrogen-bond donors (Lipinski definition) is 2. The summed E-state index contributed by atoms with van der Waals surface area (Å²) in [5.41, 5.74) is 0. The molecular formula is C7H11N3O3S. The maximum absolute atomic E-state index is 11.6. The summed E-state index contributed by atoms with van der Waals surface area (Å²) in [6, 6.07) is -0.116. The summed E-state index contributed by atoms with van der Waals surface area (Å²) in [5, 5.41) is 6.05. The van der Waals surface area contributed by atoms with Crippen molar-refractivity contribution < 1.29 is 13.2 Å². The fraction of sp³-hybridized carbons (Fsp3) is 0.571. The van der Waals surface area contributed by atoms with Crippen molar-refractivity contribution in [3.63, 3.8) is 0 Å². The quantitative estimate of drug-likeness (QED) is 0.713. The molecule has 1 atom stereocenters. The van der Waals surface area contributed by atoms with Crippen LogP contribution in [0.1, 0.15) is 6.42 Å². The molecule has 1 aliphatic rings. The third-order valence-electron chi connectivity index (χ3n) is 2.03. The van der Waals surface area contributed by atoms with E-state index in [2.05, 4.69) is 14.9 Å². The van der Waals surface area contributed by atoms with Crippen LogP contribution in [0.25, 0.3) is 0 Å². The van der Waals surface area contributed by atoms with E-state index in [1.807, 2.05) is 0 Å². The zero-order valence-corrected chi connectivity index (χ0v) is 8.25. The third kappa shape index (κ3) is 1.94. The molecule has 0 amide bonds. The molecule has 0 aromatic carbocycles. The van der Waals surface area contributed by atoms with Gasteiger partial charge in [0.15, 0.2) is 0 Å². The molecule has 1 aliphatic heterocycles. The second kappa shape index (κ2) is 3.68. The van der Waals surface area contributed by atoms with Gasteiger partial charge in [-0.1, -0.05) is 0 Å². The summed E-state index contributed by atoms with van der Waals surface area (Å²) < 4.78 is 30.9. The van der Waals surface area contributed by atoms with Gasteiger partial charge in [-0.15, -0.1) is 0 Å². The lowest BCUT2D eigenvalue weighted by molar-refractivity contribution is 0.192. The molecule has 1 fully saturated rings. The van der Waals surface area contributed by atoms with Crippen LogP contribution in [0.5, 0.6) is 0 Å². The van der Waals surface area contributed by atoms with Gasteiger partial charge in [-0.3, -0.25) is 5.10 Å². The number of ether oxygens (including phenoxy) is 1. The number of nitrogens with one attached hydrogen (secondary N) is 2. The van der Waals surface area contributed by atoms with Gasteiger partial charge in [-0.2, -0.15) is 5.10 Å². The van der Waals surface area contributed by atoms with E-state index in [0.717, 1.165) is 6.42 Å². The maximum Gasteiger partial charge on any atom is 0.244 e. The molecule has 6 nitrogen and oxygen atoms in total. The standard InChI is InChI=1S/C7H11N3O3S/c11-14(12,7-3-8-9-4-7)10-6-1-2-13-5-6/h3-4,6,10H,1-2,5H2,(H,8,9)/t6-/m1/s1. The van der Waals surface area contributed by atoms with Crippen molar-refractivity contribution in [1.29, 1.82) is 0 Å². The first-order chi connectivity index (χ1) is 6.68. The molecule has 0 aliphatic carbocycles. The Morgan fingerprint density at radius 2 is 2.50 bits per heavy atom. The van der Waals surface area contributed by atoms with Crippen LogP contribution in [0.2, 0.25) is 0 Å². The second-order valence-electron chi connectivity index (χ2n) is 3.12. The van der Waals surface area contributed by atoms with Gasteiger partial charge in [0.05, 0.1) is 12.8 Å². The zero-order chi connectivity index (χ0) is 10.0. The van der Waals surface area contributed by atoms with Gasteiger partial charge in [0, 0.05) is 18.8 Å². The summed E-state index contributed by atoms with van der Waals surface area (Å²) in [5.74, 6) is 0. The lowest BCUT2D eigenvalue weighted by Gasteiger charge is -2.09. The first-order valence-electron chi connectivity index (χ1n) is 4.27. The van der Waals surface area contributed by atoms with E-state index in [1.165, 1.54) is 12.4 Å². The van der Waals surface area contributed by atoms with E-state index in [1.54, 1.807) is 0 Å². The minimum Gasteiger partial charge on any atom is -0.380 e. The van der Waals surface area contributed by atoms with E-state index in [4.69, 9.17) is 4.74 Å². The third-order valence-corrected chi connectivity index (χ3v) is 3.52. The molecule has 78 valence electrons. The van der Waals surface area contributed by atoms with Gasteiger partial charge in [0.25, 0.3) is 0 Å². The van der Waals surface area contributed by atoms with Crippen LogP contribution < -0.4 is 4.72 Å². The van der Waals surface area contributed by atoms with Gasteiger partial charge in [0.1, 0.15) is 4.90 Å². The van der Waals surface area contributed by atoms with Gasteiger partial charge in [-0.25, -0.2) is 13.1 Å². The minimum atomic E-state index is -3.42. The lowest BCUT2D eigenvalue weighted by Crippen LogP contribution is -2.34. The van der Waals surface area contributed by atoms with Gasteiger partial charge >= 0.3 is 0 Å². The molecule has 14 heavy (non-hydrogen) atoms. The van der Waals surface area contributed by atoms with E-state index in [-0.39, 0.29) is 10.9 Å². The van der Waals surface area contributed by atoms with Crippen molar-refractivity contribution >= 4 is 10.0 Å². The first kappa shape index (κ1) is 9.63. The smallest absolute Gasteiger partial charge is 0.244 e. The van der Waals surface area contributed by atoms with Crippen molar-refractivity contribution in [2.75, 3.05) is 13.2 Å². The predicted octanol–water partition coefficient (Wildman–Crippen LogP) is -0.523. The molecule has 7 heteroatoms. The highest BCUT2D eigenvalue weighted by Gasteiger charge is 2.23. The van der Waals surface area contributed by atoms with Crippen molar-refractivity contribution in [3.05, 3.63) is 12.4 Å². The van der Waals surface area contributed by atoms with E-state index in [9.17, 15) is 8.42 Å². The van der Waals surface area contributed by atoms with E-state index < -0.39 is 10.0 Å². The number of sulfonamides is 1. The molecule has 0 unspecified atom stereocenters. The highest BCUT2D eigenvalue weighted by atomic mass is 32.2. The fourth-order valence-corrected chi connectivity index (χ4v) is 2.46. The van der Waals surface area contributed by atoms with Crippen molar-refractivity contribution in [2.24, 2.45) is 0 Å². The molecule has 2 N–H and O–H groups in total. The molecule has 1 aromatic rings. The Morgan fingerprint density at radius 1 is 1.64 bits per heavy atom. The average Bonchev–Trinajstić information content (AvgIpc) is 2.71. The molecule has 0 saturated carbocycles. The Balaban J connectivity index is 2.09. The molecule has 0 radical (unpaired) electrons. The number of nitrogens with zero attached hydrogens (tertiary/aromatic N) is 1. The highest BCUT2D eigenvalue weighted by Crippen LogP contribution is 2.10. The first-order valence-corrected chi connectivity index (χ1v) is 5.76. The molecule has 1 saturated heterocycles. The number of aromatic amines is 1. The van der Waals surface area contributed by atoms with Gasteiger partial charge in [-0.05, 0) is 6.42 Å². The highest BCUT2D eigenvalue weighted by molar-refractivity contribution is 7.89. The fourth-order valence-electron chi connectivity index (χ4n) is 1.30. The number of H-pyrrole nitrogens is 1. The summed E-state index contributed by atoms with van der Waals surface area (Å²) in [6.07, 6.45) is 3.34. The normalized spacial score (nSPS) is 22.7. The Bertz CT molecular complexity index is 380. The van der Waals surface area contributed by atoms with Crippen molar-refractivity contribution in [1.82, 2.24) is 14.9 Å². The largest absolute Gasteiger partial charge is 0.380 e. The SMILES string of the molecule is O=S(=O)(N[C@@H]1CCOC1)c1cn[nH]c1. The van der Waals surface area contributed by atoms with Crippen LogP contribution in [0.4, 0.5) is 0 Å². The Labute approximate surface area is 81.7 Å². The van der Waals surface area contributed by atoms with Crippen LogP contribution in [-0.2, 0) is 14.8 Å². The molecule has 2 rings (SSSR count). The van der Waals surface area contributed by atoms with Gasteiger partial charge in [0.2, 0.25) is 10.0 Å². The molecule has 2 heterocycles. The lowest BCUT2D eigenvalue weighted by atomic mass is 10.3. The topological polar surface area (TPSA) is 84.1 Å². The predicted molar refractivity (Wildman–Crippen MR) is 48.1 cm³/mol. The molecule has 0 bridgehead atoms. The van der Waals surface area contributed by atoms with E-state index in [0.29, 0.717) is 13.2 Å². The Kier molecular flexibility index (Phi) is 2.53. The van der Waals surface area contributed by atoms with E-state index >= 15 is 0 Å². The van der Waals surface area contributed by atoms with Crippen molar-refractivity contribution in [2.45, 2.75) is 17.4 Å². The Hall–Kier alpha value is -0.920. The average molecular weight is 217 g/mol. The summed E-state index contributed by atoms with van der Waals surface area (Å²) in [7, 11) is -3.42. The van der Waals surface area contributed by atoms with Crippen LogP contribution in [0.3, 0.4) is 0 Å². The zero-order valence-electron chi connectivity index (χ0n) is 7.43. The number of aromatic nitrogens is 2. The van der Waals surface area contributed by atoms with Crippen LogP contribution in [0, 0.1) is 0 Å². The van der Waals surface area contributed by atoms with Crippen LogP contribution >= 0.6 is 0 Å². The maximum atomic E-state index is 11.6.